The molecule has 0 bridgehead atoms. The summed E-state index contributed by atoms with van der Waals surface area (Å²) in [5.41, 5.74) is 2.36. The maximum Gasteiger partial charge on any atom is 0.170 e. The molecule has 0 radical (unpaired) electrons. The second-order valence-electron chi connectivity index (χ2n) is 6.72. The van der Waals surface area contributed by atoms with E-state index in [9.17, 15) is 0 Å². The molecule has 2 aliphatic heterocycles. The summed E-state index contributed by atoms with van der Waals surface area (Å²) < 4.78 is 17.4. The molecule has 0 aliphatic carbocycles. The molecule has 0 amide bonds. The smallest absolute Gasteiger partial charge is 0.170 e. The van der Waals surface area contributed by atoms with Crippen LogP contribution < -0.4 is 4.74 Å². The van der Waals surface area contributed by atoms with E-state index in [1.54, 1.807) is 11.3 Å². The summed E-state index contributed by atoms with van der Waals surface area (Å²) in [5.74, 6) is 0.589. The molecule has 5 nitrogen and oxygen atoms in total. The fraction of sp³-hybridized carbons (Fsp3) is 0.526. The van der Waals surface area contributed by atoms with Gasteiger partial charge in [-0.15, -0.1) is 11.3 Å². The summed E-state index contributed by atoms with van der Waals surface area (Å²) in [5, 5.41) is 3.16. The Morgan fingerprint density at radius 1 is 1.16 bits per heavy atom. The number of benzene rings is 1. The van der Waals surface area contributed by atoms with Gasteiger partial charge in [0, 0.05) is 37.9 Å². The van der Waals surface area contributed by atoms with Gasteiger partial charge in [0.05, 0.1) is 18.9 Å². The van der Waals surface area contributed by atoms with E-state index in [0.29, 0.717) is 6.61 Å². The molecule has 0 N–H and O–H groups in total. The van der Waals surface area contributed by atoms with Crippen LogP contribution in [0, 0.1) is 6.92 Å². The average Bonchev–Trinajstić information content (AvgIpc) is 3.27. The Morgan fingerprint density at radius 2 is 1.88 bits per heavy atom. The van der Waals surface area contributed by atoms with E-state index in [0.717, 1.165) is 62.1 Å². The molecule has 25 heavy (non-hydrogen) atoms. The first kappa shape index (κ1) is 17.0. The van der Waals surface area contributed by atoms with Gasteiger partial charge in [-0.2, -0.15) is 0 Å². The zero-order valence-corrected chi connectivity index (χ0v) is 15.4. The molecular formula is C19H24N2O3S. The summed E-state index contributed by atoms with van der Waals surface area (Å²) in [6, 6.07) is 8.12. The van der Waals surface area contributed by atoms with Gasteiger partial charge in [0.25, 0.3) is 0 Å². The molecule has 1 aromatic carbocycles. The number of hydrogen-bond acceptors (Lipinski definition) is 6. The standard InChI is InChI=1S/C19H24N2O3S/c1-15-2-4-17(5-3-15)22-13-18-20-16(14-25-18)12-21-8-6-19(7-9-21)23-10-11-24-19/h2-5,14H,6-13H2,1H3. The van der Waals surface area contributed by atoms with Crippen molar-refractivity contribution in [3.05, 3.63) is 45.9 Å². The summed E-state index contributed by atoms with van der Waals surface area (Å²) in [7, 11) is 0. The molecule has 0 unspecified atom stereocenters. The third kappa shape index (κ3) is 4.20. The summed E-state index contributed by atoms with van der Waals surface area (Å²) in [4.78, 5) is 7.14. The van der Waals surface area contributed by atoms with Crippen LogP contribution in [0.1, 0.15) is 29.1 Å². The molecule has 1 spiro atoms. The van der Waals surface area contributed by atoms with Crippen molar-refractivity contribution >= 4 is 11.3 Å². The van der Waals surface area contributed by atoms with Gasteiger partial charge < -0.3 is 14.2 Å². The highest BCUT2D eigenvalue weighted by Crippen LogP contribution is 2.31. The first-order valence-electron chi connectivity index (χ1n) is 8.84. The molecule has 2 fully saturated rings. The lowest BCUT2D eigenvalue weighted by atomic mass is 10.0. The van der Waals surface area contributed by atoms with Crippen LogP contribution in [-0.4, -0.2) is 42.0 Å². The predicted molar refractivity (Wildman–Crippen MR) is 96.8 cm³/mol. The monoisotopic (exact) mass is 360 g/mol. The molecular weight excluding hydrogens is 336 g/mol. The highest BCUT2D eigenvalue weighted by atomic mass is 32.1. The molecule has 6 heteroatoms. The number of ether oxygens (including phenoxy) is 3. The van der Waals surface area contributed by atoms with Crippen molar-refractivity contribution < 1.29 is 14.2 Å². The van der Waals surface area contributed by atoms with Crippen molar-refractivity contribution in [2.75, 3.05) is 26.3 Å². The van der Waals surface area contributed by atoms with Crippen molar-refractivity contribution in [2.45, 2.75) is 38.7 Å². The Balaban J connectivity index is 1.26. The van der Waals surface area contributed by atoms with Crippen molar-refractivity contribution in [3.63, 3.8) is 0 Å². The second-order valence-corrected chi connectivity index (χ2v) is 7.66. The number of nitrogens with zero attached hydrogens (tertiary/aromatic N) is 2. The van der Waals surface area contributed by atoms with E-state index in [1.165, 1.54) is 5.56 Å². The molecule has 0 saturated carbocycles. The van der Waals surface area contributed by atoms with Crippen LogP contribution in [0.3, 0.4) is 0 Å². The largest absolute Gasteiger partial charge is 0.486 e. The predicted octanol–water partition coefficient (Wildman–Crippen LogP) is 3.37. The van der Waals surface area contributed by atoms with Gasteiger partial charge in [-0.25, -0.2) is 4.98 Å². The van der Waals surface area contributed by atoms with E-state index in [2.05, 4.69) is 29.3 Å². The second kappa shape index (κ2) is 7.41. The first-order chi connectivity index (χ1) is 12.2. The third-order valence-corrected chi connectivity index (χ3v) is 5.67. The van der Waals surface area contributed by atoms with Crippen molar-refractivity contribution in [3.8, 4) is 5.75 Å². The normalized spacial score (nSPS) is 20.2. The summed E-state index contributed by atoms with van der Waals surface area (Å²) in [6.45, 7) is 6.94. The number of piperidine rings is 1. The Hall–Kier alpha value is -1.47. The van der Waals surface area contributed by atoms with Crippen LogP contribution in [0.2, 0.25) is 0 Å². The number of rotatable bonds is 5. The lowest BCUT2D eigenvalue weighted by Gasteiger charge is -2.37. The van der Waals surface area contributed by atoms with Crippen LogP contribution in [0.15, 0.2) is 29.6 Å². The number of aryl methyl sites for hydroxylation is 1. The molecule has 1 aromatic heterocycles. The Labute approximate surface area is 152 Å². The minimum absolute atomic E-state index is 0.300. The van der Waals surface area contributed by atoms with Gasteiger partial charge in [-0.3, -0.25) is 4.90 Å². The Bertz CT molecular complexity index is 685. The average molecular weight is 360 g/mol. The van der Waals surface area contributed by atoms with E-state index in [1.807, 2.05) is 12.1 Å². The lowest BCUT2D eigenvalue weighted by molar-refractivity contribution is -0.185. The van der Waals surface area contributed by atoms with Crippen LogP contribution in [-0.2, 0) is 22.6 Å². The van der Waals surface area contributed by atoms with Gasteiger partial charge in [-0.05, 0) is 19.1 Å². The van der Waals surface area contributed by atoms with E-state index in [4.69, 9.17) is 19.2 Å². The molecule has 134 valence electrons. The maximum absolute atomic E-state index is 5.81. The van der Waals surface area contributed by atoms with Gasteiger partial charge in [0.1, 0.15) is 17.4 Å². The fourth-order valence-corrected chi connectivity index (χ4v) is 4.03. The van der Waals surface area contributed by atoms with E-state index >= 15 is 0 Å². The minimum atomic E-state index is -0.300. The van der Waals surface area contributed by atoms with Crippen molar-refractivity contribution in [1.82, 2.24) is 9.88 Å². The Kier molecular flexibility index (Phi) is 5.03. The number of thiazole rings is 1. The highest BCUT2D eigenvalue weighted by Gasteiger charge is 2.39. The van der Waals surface area contributed by atoms with Crippen LogP contribution >= 0.6 is 11.3 Å². The molecule has 2 saturated heterocycles. The summed E-state index contributed by atoms with van der Waals surface area (Å²) >= 11 is 1.67. The number of aromatic nitrogens is 1. The maximum atomic E-state index is 5.81. The van der Waals surface area contributed by atoms with E-state index < -0.39 is 0 Å². The Morgan fingerprint density at radius 3 is 2.60 bits per heavy atom. The molecule has 4 rings (SSSR count). The summed E-state index contributed by atoms with van der Waals surface area (Å²) in [6.07, 6.45) is 1.89. The number of likely N-dealkylation sites (tertiary alicyclic amines) is 1. The molecule has 2 aromatic rings. The number of hydrogen-bond donors (Lipinski definition) is 0. The molecule has 0 atom stereocenters. The van der Waals surface area contributed by atoms with Gasteiger partial charge in [-0.1, -0.05) is 17.7 Å². The van der Waals surface area contributed by atoms with Gasteiger partial charge in [0.2, 0.25) is 0 Å². The molecule has 2 aliphatic rings. The molecule has 3 heterocycles. The minimum Gasteiger partial charge on any atom is -0.486 e. The lowest BCUT2D eigenvalue weighted by Crippen LogP contribution is -2.44. The van der Waals surface area contributed by atoms with Crippen LogP contribution in [0.5, 0.6) is 5.75 Å². The van der Waals surface area contributed by atoms with Crippen LogP contribution in [0.25, 0.3) is 0 Å². The zero-order valence-electron chi connectivity index (χ0n) is 14.6. The SMILES string of the molecule is Cc1ccc(OCc2nc(CN3CCC4(CC3)OCCO4)cs2)cc1. The van der Waals surface area contributed by atoms with Crippen LogP contribution in [0.4, 0.5) is 0 Å². The highest BCUT2D eigenvalue weighted by molar-refractivity contribution is 7.09. The van der Waals surface area contributed by atoms with Crippen molar-refractivity contribution in [2.24, 2.45) is 0 Å². The quantitative estimate of drug-likeness (QED) is 0.818. The third-order valence-electron chi connectivity index (χ3n) is 4.80. The topological polar surface area (TPSA) is 43.8 Å². The first-order valence-corrected chi connectivity index (χ1v) is 9.72. The van der Waals surface area contributed by atoms with E-state index in [-0.39, 0.29) is 5.79 Å². The van der Waals surface area contributed by atoms with Gasteiger partial charge >= 0.3 is 0 Å². The van der Waals surface area contributed by atoms with Crippen molar-refractivity contribution in [1.29, 1.82) is 0 Å². The van der Waals surface area contributed by atoms with Gasteiger partial charge in [0.15, 0.2) is 5.79 Å². The fourth-order valence-electron chi connectivity index (χ4n) is 3.33. The zero-order chi connectivity index (χ0) is 17.1.